The van der Waals surface area contributed by atoms with E-state index in [0.29, 0.717) is 30.5 Å². The molecule has 4 rings (SSSR count). The van der Waals surface area contributed by atoms with Crippen LogP contribution in [0.4, 0.5) is 5.69 Å². The molecule has 0 spiro atoms. The van der Waals surface area contributed by atoms with Crippen LogP contribution in [0.15, 0.2) is 30.3 Å². The number of benzene rings is 1. The first kappa shape index (κ1) is 19.1. The summed E-state index contributed by atoms with van der Waals surface area (Å²) in [5, 5.41) is 13.3. The Morgan fingerprint density at radius 1 is 1.18 bits per heavy atom. The summed E-state index contributed by atoms with van der Waals surface area (Å²) in [7, 11) is 0. The van der Waals surface area contributed by atoms with Gasteiger partial charge < -0.3 is 21.3 Å². The van der Waals surface area contributed by atoms with E-state index in [0.717, 1.165) is 18.7 Å². The van der Waals surface area contributed by atoms with Gasteiger partial charge in [-0.2, -0.15) is 0 Å². The Balaban J connectivity index is 1.28. The lowest BCUT2D eigenvalue weighted by Gasteiger charge is -2.37. The Morgan fingerprint density at radius 2 is 1.93 bits per heavy atom. The van der Waals surface area contributed by atoms with Crippen molar-refractivity contribution in [2.45, 2.75) is 56.3 Å². The SMILES string of the molecule is O=C(CC[C@@H]1CNC(=O)[C@@H]2C[C@H](NC(=S)NC3CC3)CN12)Nc1ccccc1. The molecule has 150 valence electrons. The summed E-state index contributed by atoms with van der Waals surface area (Å²) >= 11 is 5.38. The molecule has 28 heavy (non-hydrogen) atoms. The molecular formula is C20H27N5O2S. The van der Waals surface area contributed by atoms with E-state index in [1.807, 2.05) is 30.3 Å². The summed E-state index contributed by atoms with van der Waals surface area (Å²) in [5.74, 6) is 0.0821. The second-order valence-corrected chi connectivity index (χ2v) is 8.30. The first-order valence-electron chi connectivity index (χ1n) is 10.0. The van der Waals surface area contributed by atoms with Crippen molar-refractivity contribution >= 4 is 34.8 Å². The first-order chi connectivity index (χ1) is 13.6. The van der Waals surface area contributed by atoms with Crippen LogP contribution in [0.5, 0.6) is 0 Å². The third-order valence-electron chi connectivity index (χ3n) is 5.63. The monoisotopic (exact) mass is 401 g/mol. The Hall–Kier alpha value is -2.19. The van der Waals surface area contributed by atoms with Crippen molar-refractivity contribution in [3.05, 3.63) is 30.3 Å². The highest BCUT2D eigenvalue weighted by Gasteiger charge is 2.43. The standard InChI is InChI=1S/C20H27N5O2S/c26-18(22-13-4-2-1-3-5-13)9-8-16-11-21-19(27)17-10-15(12-25(16)17)24-20(28)23-14-6-7-14/h1-5,14-17H,6-12H2,(H,21,27)(H,22,26)(H2,23,24,28)/t15-,16+,17-/m0/s1. The second kappa shape index (κ2) is 8.45. The van der Waals surface area contributed by atoms with Crippen molar-refractivity contribution in [3.63, 3.8) is 0 Å². The van der Waals surface area contributed by atoms with Crippen molar-refractivity contribution in [1.29, 1.82) is 0 Å². The molecule has 1 saturated carbocycles. The number of rotatable bonds is 6. The zero-order valence-electron chi connectivity index (χ0n) is 15.8. The fourth-order valence-electron chi connectivity index (χ4n) is 4.03. The van der Waals surface area contributed by atoms with E-state index < -0.39 is 0 Å². The highest BCUT2D eigenvalue weighted by atomic mass is 32.1. The first-order valence-corrected chi connectivity index (χ1v) is 10.4. The number of nitrogens with one attached hydrogen (secondary N) is 4. The van der Waals surface area contributed by atoms with Gasteiger partial charge in [-0.3, -0.25) is 14.5 Å². The number of hydrogen-bond acceptors (Lipinski definition) is 4. The van der Waals surface area contributed by atoms with E-state index in [9.17, 15) is 9.59 Å². The smallest absolute Gasteiger partial charge is 0.237 e. The number of thiocarbonyl (C=S) groups is 1. The van der Waals surface area contributed by atoms with Gasteiger partial charge >= 0.3 is 0 Å². The van der Waals surface area contributed by atoms with Gasteiger partial charge in [-0.05, 0) is 50.0 Å². The molecule has 0 bridgehead atoms. The van der Waals surface area contributed by atoms with Crippen molar-refractivity contribution in [3.8, 4) is 0 Å². The molecule has 7 nitrogen and oxygen atoms in total. The molecule has 0 aromatic heterocycles. The molecular weight excluding hydrogens is 374 g/mol. The summed E-state index contributed by atoms with van der Waals surface area (Å²) in [4.78, 5) is 26.8. The number of fused-ring (bicyclic) bond motifs is 1. The Kier molecular flexibility index (Phi) is 5.77. The van der Waals surface area contributed by atoms with Crippen LogP contribution in [0.2, 0.25) is 0 Å². The molecule has 3 aliphatic rings. The van der Waals surface area contributed by atoms with Crippen molar-refractivity contribution in [1.82, 2.24) is 20.9 Å². The summed E-state index contributed by atoms with van der Waals surface area (Å²) in [5.41, 5.74) is 0.810. The molecule has 1 aliphatic carbocycles. The normalized spacial score (nSPS) is 26.9. The number of anilines is 1. The van der Waals surface area contributed by atoms with Gasteiger partial charge in [0.1, 0.15) is 0 Å². The second-order valence-electron chi connectivity index (χ2n) is 7.89. The van der Waals surface area contributed by atoms with Gasteiger partial charge in [0.2, 0.25) is 11.8 Å². The van der Waals surface area contributed by atoms with Crippen LogP contribution in [0, 0.1) is 0 Å². The van der Waals surface area contributed by atoms with Gasteiger partial charge in [-0.15, -0.1) is 0 Å². The predicted molar refractivity (Wildman–Crippen MR) is 112 cm³/mol. The van der Waals surface area contributed by atoms with Crippen LogP contribution < -0.4 is 21.3 Å². The van der Waals surface area contributed by atoms with E-state index in [-0.39, 0.29) is 29.9 Å². The summed E-state index contributed by atoms with van der Waals surface area (Å²) in [6.07, 6.45) is 4.24. The van der Waals surface area contributed by atoms with Crippen LogP contribution in [-0.2, 0) is 9.59 Å². The largest absolute Gasteiger partial charge is 0.360 e. The van der Waals surface area contributed by atoms with Crippen molar-refractivity contribution in [2.24, 2.45) is 0 Å². The van der Waals surface area contributed by atoms with Gasteiger partial charge in [0.05, 0.1) is 6.04 Å². The van der Waals surface area contributed by atoms with Crippen LogP contribution in [0.1, 0.15) is 32.1 Å². The molecule has 0 unspecified atom stereocenters. The number of nitrogens with zero attached hydrogens (tertiary/aromatic N) is 1. The number of hydrogen-bond donors (Lipinski definition) is 4. The fourth-order valence-corrected chi connectivity index (χ4v) is 4.36. The quantitative estimate of drug-likeness (QED) is 0.532. The molecule has 3 atom stereocenters. The van der Waals surface area contributed by atoms with Gasteiger partial charge in [0.25, 0.3) is 0 Å². The third-order valence-corrected chi connectivity index (χ3v) is 5.87. The minimum Gasteiger partial charge on any atom is -0.360 e. The van der Waals surface area contributed by atoms with Crippen molar-refractivity contribution in [2.75, 3.05) is 18.4 Å². The van der Waals surface area contributed by atoms with Crippen LogP contribution in [0.25, 0.3) is 0 Å². The lowest BCUT2D eigenvalue weighted by atomic mass is 10.0. The average molecular weight is 402 g/mol. The Labute approximate surface area is 170 Å². The maximum atomic E-state index is 12.3. The van der Waals surface area contributed by atoms with E-state index in [1.165, 1.54) is 12.8 Å². The molecule has 3 fully saturated rings. The topological polar surface area (TPSA) is 85.5 Å². The maximum absolute atomic E-state index is 12.3. The highest BCUT2D eigenvalue weighted by molar-refractivity contribution is 7.80. The van der Waals surface area contributed by atoms with Crippen molar-refractivity contribution < 1.29 is 9.59 Å². The number of carbonyl (C=O) groups excluding carboxylic acids is 2. The summed E-state index contributed by atoms with van der Waals surface area (Å²) in [6.45, 7) is 1.36. The number of amides is 2. The zero-order chi connectivity index (χ0) is 19.5. The number of piperazine rings is 1. The van der Waals surface area contributed by atoms with E-state index >= 15 is 0 Å². The Bertz CT molecular complexity index is 739. The minimum absolute atomic E-state index is 0.00309. The van der Waals surface area contributed by atoms with Gasteiger partial charge in [-0.1, -0.05) is 18.2 Å². The fraction of sp³-hybridized carbons (Fsp3) is 0.550. The molecule has 2 aliphatic heterocycles. The molecule has 4 N–H and O–H groups in total. The molecule has 1 aromatic rings. The van der Waals surface area contributed by atoms with Crippen LogP contribution in [-0.4, -0.2) is 59.1 Å². The molecule has 8 heteroatoms. The van der Waals surface area contributed by atoms with Gasteiger partial charge in [-0.25, -0.2) is 0 Å². The molecule has 1 aromatic carbocycles. The van der Waals surface area contributed by atoms with E-state index in [4.69, 9.17) is 12.2 Å². The summed E-state index contributed by atoms with van der Waals surface area (Å²) < 4.78 is 0. The Morgan fingerprint density at radius 3 is 2.68 bits per heavy atom. The molecule has 2 saturated heterocycles. The lowest BCUT2D eigenvalue weighted by molar-refractivity contribution is -0.129. The van der Waals surface area contributed by atoms with Gasteiger partial charge in [0.15, 0.2) is 5.11 Å². The van der Waals surface area contributed by atoms with Gasteiger partial charge in [0, 0.05) is 43.3 Å². The van der Waals surface area contributed by atoms with E-state index in [2.05, 4.69) is 26.2 Å². The predicted octanol–water partition coefficient (Wildman–Crippen LogP) is 0.973. The average Bonchev–Trinajstić information content (AvgIpc) is 3.38. The number of carbonyl (C=O) groups is 2. The number of para-hydroxylation sites is 1. The highest BCUT2D eigenvalue weighted by Crippen LogP contribution is 2.26. The molecule has 2 heterocycles. The molecule has 2 amide bonds. The molecule has 0 radical (unpaired) electrons. The third kappa shape index (κ3) is 4.80. The van der Waals surface area contributed by atoms with Crippen LogP contribution in [0.3, 0.4) is 0 Å². The maximum Gasteiger partial charge on any atom is 0.237 e. The minimum atomic E-state index is -0.142. The van der Waals surface area contributed by atoms with E-state index in [1.54, 1.807) is 0 Å². The summed E-state index contributed by atoms with van der Waals surface area (Å²) in [6, 6.07) is 10.2. The lowest BCUT2D eigenvalue weighted by Crippen LogP contribution is -2.58. The zero-order valence-corrected chi connectivity index (χ0v) is 16.6. The van der Waals surface area contributed by atoms with Crippen LogP contribution >= 0.6 is 12.2 Å².